The molecule has 17 heavy (non-hydrogen) atoms. The summed E-state index contributed by atoms with van der Waals surface area (Å²) in [5.74, 6) is 2.43. The Morgan fingerprint density at radius 2 is 2.18 bits per heavy atom. The molecule has 0 aliphatic rings. The Hall–Kier alpha value is -1.55. The van der Waals surface area contributed by atoms with Crippen LogP contribution in [0.5, 0.6) is 0 Å². The molecule has 2 aromatic heterocycles. The Balaban J connectivity index is 2.18. The van der Waals surface area contributed by atoms with Crippen LogP contribution in [0.3, 0.4) is 0 Å². The van der Waals surface area contributed by atoms with Crippen LogP contribution in [-0.4, -0.2) is 11.0 Å². The summed E-state index contributed by atoms with van der Waals surface area (Å²) in [5, 5.41) is 3.31. The summed E-state index contributed by atoms with van der Waals surface area (Å²) in [6, 6.07) is 4.32. The second kappa shape index (κ2) is 5.19. The van der Waals surface area contributed by atoms with E-state index in [9.17, 15) is 0 Å². The molecule has 0 aliphatic heterocycles. The Morgan fingerprint density at radius 1 is 1.35 bits per heavy atom. The minimum absolute atomic E-state index is 0.419. The number of nitrogens with one attached hydrogen (secondary N) is 1. The molecule has 4 nitrogen and oxygen atoms in total. The van der Waals surface area contributed by atoms with E-state index in [1.54, 1.807) is 0 Å². The molecule has 0 atom stereocenters. The fourth-order valence-electron chi connectivity index (χ4n) is 1.59. The zero-order valence-corrected chi connectivity index (χ0v) is 10.5. The maximum Gasteiger partial charge on any atom is 0.194 e. The van der Waals surface area contributed by atoms with Gasteiger partial charge in [0.2, 0.25) is 0 Å². The quantitative estimate of drug-likeness (QED) is 0.864. The molecule has 2 heterocycles. The lowest BCUT2D eigenvalue weighted by Gasteiger charge is -2.05. The van der Waals surface area contributed by atoms with Gasteiger partial charge in [0.05, 0.1) is 0 Å². The highest BCUT2D eigenvalue weighted by Crippen LogP contribution is 2.25. The molecule has 1 N–H and O–H groups in total. The standard InChI is InChI=1S/C13H18N2O2/c1-4-10-5-6-12(17-10)13-11(15-8-16-13)7-14-9(2)3/h5-6,8-9,14H,4,7H2,1-3H3. The maximum absolute atomic E-state index is 5.66. The fourth-order valence-corrected chi connectivity index (χ4v) is 1.59. The van der Waals surface area contributed by atoms with Gasteiger partial charge in [-0.25, -0.2) is 4.98 Å². The number of furan rings is 1. The predicted octanol–water partition coefficient (Wildman–Crippen LogP) is 3.00. The first-order valence-corrected chi connectivity index (χ1v) is 5.95. The average molecular weight is 234 g/mol. The lowest BCUT2D eigenvalue weighted by atomic mass is 10.2. The van der Waals surface area contributed by atoms with Gasteiger partial charge in [0.1, 0.15) is 11.5 Å². The van der Waals surface area contributed by atoms with Crippen LogP contribution in [0.4, 0.5) is 0 Å². The first-order chi connectivity index (χ1) is 8.20. The molecule has 0 amide bonds. The Bertz CT molecular complexity index is 471. The number of oxazole rings is 1. The second-order valence-corrected chi connectivity index (χ2v) is 4.28. The molecule has 0 saturated heterocycles. The Kier molecular flexibility index (Phi) is 3.64. The molecule has 92 valence electrons. The fraction of sp³-hybridized carbons (Fsp3) is 0.462. The second-order valence-electron chi connectivity index (χ2n) is 4.28. The van der Waals surface area contributed by atoms with E-state index in [-0.39, 0.29) is 0 Å². The molecule has 0 spiro atoms. The van der Waals surface area contributed by atoms with Crippen molar-refractivity contribution in [3.8, 4) is 11.5 Å². The van der Waals surface area contributed by atoms with Gasteiger partial charge in [0.25, 0.3) is 0 Å². The zero-order valence-electron chi connectivity index (χ0n) is 10.5. The van der Waals surface area contributed by atoms with Crippen LogP contribution in [0, 0.1) is 0 Å². The maximum atomic E-state index is 5.66. The molecular formula is C13H18N2O2. The minimum Gasteiger partial charge on any atom is -0.458 e. The van der Waals surface area contributed by atoms with E-state index >= 15 is 0 Å². The molecular weight excluding hydrogens is 216 g/mol. The van der Waals surface area contributed by atoms with Crippen LogP contribution in [0.2, 0.25) is 0 Å². The minimum atomic E-state index is 0.419. The van der Waals surface area contributed by atoms with Crippen LogP contribution in [0.1, 0.15) is 32.2 Å². The van der Waals surface area contributed by atoms with Crippen molar-refractivity contribution in [3.05, 3.63) is 30.0 Å². The molecule has 0 radical (unpaired) electrons. The van der Waals surface area contributed by atoms with Gasteiger partial charge >= 0.3 is 0 Å². The van der Waals surface area contributed by atoms with E-state index in [4.69, 9.17) is 8.83 Å². The topological polar surface area (TPSA) is 51.2 Å². The molecule has 0 aliphatic carbocycles. The van der Waals surface area contributed by atoms with Crippen molar-refractivity contribution >= 4 is 0 Å². The summed E-state index contributed by atoms with van der Waals surface area (Å²) >= 11 is 0. The third-order valence-corrected chi connectivity index (χ3v) is 2.55. The normalized spacial score (nSPS) is 11.3. The number of nitrogens with zero attached hydrogens (tertiary/aromatic N) is 1. The predicted molar refractivity (Wildman–Crippen MR) is 65.6 cm³/mol. The van der Waals surface area contributed by atoms with Crippen molar-refractivity contribution in [2.45, 2.75) is 39.8 Å². The van der Waals surface area contributed by atoms with Crippen LogP contribution < -0.4 is 5.32 Å². The first kappa shape index (κ1) is 11.9. The summed E-state index contributed by atoms with van der Waals surface area (Å²) in [6.07, 6.45) is 2.34. The van der Waals surface area contributed by atoms with Gasteiger partial charge in [0.15, 0.2) is 17.9 Å². The SMILES string of the molecule is CCc1ccc(-c2ocnc2CNC(C)C)o1. The number of rotatable bonds is 5. The van der Waals surface area contributed by atoms with E-state index in [0.717, 1.165) is 29.4 Å². The molecule has 0 bridgehead atoms. The Labute approximate surface area is 101 Å². The van der Waals surface area contributed by atoms with E-state index in [1.165, 1.54) is 6.39 Å². The molecule has 0 fully saturated rings. The van der Waals surface area contributed by atoms with E-state index in [0.29, 0.717) is 12.6 Å². The van der Waals surface area contributed by atoms with Gasteiger partial charge in [-0.3, -0.25) is 0 Å². The van der Waals surface area contributed by atoms with Gasteiger partial charge in [-0.2, -0.15) is 0 Å². The van der Waals surface area contributed by atoms with Crippen LogP contribution in [0.25, 0.3) is 11.5 Å². The van der Waals surface area contributed by atoms with Crippen molar-refractivity contribution in [1.82, 2.24) is 10.3 Å². The first-order valence-electron chi connectivity index (χ1n) is 5.95. The van der Waals surface area contributed by atoms with E-state index in [1.807, 2.05) is 12.1 Å². The monoisotopic (exact) mass is 234 g/mol. The lowest BCUT2D eigenvalue weighted by Crippen LogP contribution is -2.22. The number of aryl methyl sites for hydroxylation is 1. The molecule has 4 heteroatoms. The highest BCUT2D eigenvalue weighted by Gasteiger charge is 2.14. The highest BCUT2D eigenvalue weighted by molar-refractivity contribution is 5.53. The number of hydrogen-bond acceptors (Lipinski definition) is 4. The molecule has 0 saturated carbocycles. The largest absolute Gasteiger partial charge is 0.458 e. The van der Waals surface area contributed by atoms with Crippen molar-refractivity contribution in [1.29, 1.82) is 0 Å². The van der Waals surface area contributed by atoms with Gasteiger partial charge in [-0.15, -0.1) is 0 Å². The van der Waals surface area contributed by atoms with Gasteiger partial charge in [-0.1, -0.05) is 20.8 Å². The smallest absolute Gasteiger partial charge is 0.194 e. The lowest BCUT2D eigenvalue weighted by molar-refractivity contribution is 0.491. The van der Waals surface area contributed by atoms with Crippen molar-refractivity contribution in [2.24, 2.45) is 0 Å². The van der Waals surface area contributed by atoms with Gasteiger partial charge in [0, 0.05) is 19.0 Å². The third-order valence-electron chi connectivity index (χ3n) is 2.55. The number of hydrogen-bond donors (Lipinski definition) is 1. The third kappa shape index (κ3) is 2.77. The molecule has 0 aromatic carbocycles. The van der Waals surface area contributed by atoms with Crippen LogP contribution in [0.15, 0.2) is 27.4 Å². The van der Waals surface area contributed by atoms with Gasteiger partial charge in [-0.05, 0) is 12.1 Å². The zero-order chi connectivity index (χ0) is 12.3. The van der Waals surface area contributed by atoms with Gasteiger partial charge < -0.3 is 14.2 Å². The summed E-state index contributed by atoms with van der Waals surface area (Å²) in [7, 11) is 0. The van der Waals surface area contributed by atoms with E-state index < -0.39 is 0 Å². The van der Waals surface area contributed by atoms with Crippen molar-refractivity contribution in [2.75, 3.05) is 0 Å². The van der Waals surface area contributed by atoms with Crippen molar-refractivity contribution < 1.29 is 8.83 Å². The summed E-state index contributed by atoms with van der Waals surface area (Å²) in [6.45, 7) is 6.94. The van der Waals surface area contributed by atoms with Crippen molar-refractivity contribution in [3.63, 3.8) is 0 Å². The average Bonchev–Trinajstić information content (AvgIpc) is 2.94. The van der Waals surface area contributed by atoms with Crippen LogP contribution in [-0.2, 0) is 13.0 Å². The van der Waals surface area contributed by atoms with E-state index in [2.05, 4.69) is 31.1 Å². The molecule has 0 unspecified atom stereocenters. The summed E-state index contributed by atoms with van der Waals surface area (Å²) in [5.41, 5.74) is 0.885. The Morgan fingerprint density at radius 3 is 2.82 bits per heavy atom. The highest BCUT2D eigenvalue weighted by atomic mass is 16.4. The van der Waals surface area contributed by atoms with Crippen LogP contribution >= 0.6 is 0 Å². The molecule has 2 rings (SSSR count). The summed E-state index contributed by atoms with van der Waals surface area (Å²) < 4.78 is 11.1. The summed E-state index contributed by atoms with van der Waals surface area (Å²) in [4.78, 5) is 4.21. The molecule has 2 aromatic rings. The number of aromatic nitrogens is 1.